The van der Waals surface area contributed by atoms with Crippen LogP contribution in [-0.4, -0.2) is 58.4 Å². The van der Waals surface area contributed by atoms with Gasteiger partial charge >= 0.3 is 0 Å². The van der Waals surface area contributed by atoms with Crippen molar-refractivity contribution >= 4 is 23.6 Å². The van der Waals surface area contributed by atoms with Gasteiger partial charge in [-0.05, 0) is 29.5 Å². The Kier molecular flexibility index (Phi) is 5.11. The van der Waals surface area contributed by atoms with Gasteiger partial charge in [-0.25, -0.2) is 0 Å². The third-order valence-corrected chi connectivity index (χ3v) is 5.97. The molecular formula is C19H27N3O2S. The molecule has 2 saturated heterocycles. The minimum Gasteiger partial charge on any atom is -0.339 e. The number of hydrogen-bond acceptors (Lipinski definition) is 4. The summed E-state index contributed by atoms with van der Waals surface area (Å²) in [5, 5.41) is 0. The number of carbonyl (C=O) groups excluding carboxylic acids is 2. The van der Waals surface area contributed by atoms with Crippen LogP contribution in [0.25, 0.3) is 0 Å². The minimum atomic E-state index is -0.370. The number of thioether (sulfide) groups is 1. The molecule has 25 heavy (non-hydrogen) atoms. The quantitative estimate of drug-likeness (QED) is 0.876. The number of nitrogens with zero attached hydrogens (tertiary/aromatic N) is 2. The van der Waals surface area contributed by atoms with Gasteiger partial charge in [0.15, 0.2) is 0 Å². The first-order chi connectivity index (χ1) is 11.8. The van der Waals surface area contributed by atoms with Crippen LogP contribution in [0.3, 0.4) is 0 Å². The molecule has 2 amide bonds. The lowest BCUT2D eigenvalue weighted by Gasteiger charge is -2.27. The van der Waals surface area contributed by atoms with Crippen molar-refractivity contribution in [3.63, 3.8) is 0 Å². The summed E-state index contributed by atoms with van der Waals surface area (Å²) in [7, 11) is 0. The van der Waals surface area contributed by atoms with Gasteiger partial charge in [0.2, 0.25) is 5.91 Å². The predicted molar refractivity (Wildman–Crippen MR) is 102 cm³/mol. The average molecular weight is 362 g/mol. The highest BCUT2D eigenvalue weighted by Gasteiger charge is 2.39. The van der Waals surface area contributed by atoms with E-state index in [0.717, 1.165) is 6.42 Å². The average Bonchev–Trinajstić information content (AvgIpc) is 3.22. The Morgan fingerprint density at radius 1 is 1.20 bits per heavy atom. The second-order valence-electron chi connectivity index (χ2n) is 7.95. The van der Waals surface area contributed by atoms with E-state index < -0.39 is 0 Å². The molecule has 0 aromatic heterocycles. The van der Waals surface area contributed by atoms with Crippen molar-refractivity contribution in [3.05, 3.63) is 35.4 Å². The standard InChI is InChI=1S/C19H27N3O2S/c1-19(2,3)14-6-4-13(5-7-14)17(23)22-12-25-11-16(22)18(24)21-9-8-15(20)10-21/h4-7,15-16H,8-12,20H2,1-3H3/t15-,16?/m1/s1. The Labute approximate surface area is 153 Å². The Morgan fingerprint density at radius 3 is 2.44 bits per heavy atom. The lowest BCUT2D eigenvalue weighted by Crippen LogP contribution is -2.48. The molecule has 0 aliphatic carbocycles. The topological polar surface area (TPSA) is 66.6 Å². The van der Waals surface area contributed by atoms with E-state index in [1.807, 2.05) is 29.2 Å². The summed E-state index contributed by atoms with van der Waals surface area (Å²) in [5.41, 5.74) is 7.81. The van der Waals surface area contributed by atoms with Crippen molar-refractivity contribution in [1.82, 2.24) is 9.80 Å². The van der Waals surface area contributed by atoms with E-state index in [-0.39, 0.29) is 29.3 Å². The fraction of sp³-hybridized carbons (Fsp3) is 0.579. The van der Waals surface area contributed by atoms with Crippen molar-refractivity contribution in [3.8, 4) is 0 Å². The number of likely N-dealkylation sites (tertiary alicyclic amines) is 1. The van der Waals surface area contributed by atoms with Gasteiger partial charge in [0.05, 0.1) is 5.88 Å². The first-order valence-electron chi connectivity index (χ1n) is 8.81. The van der Waals surface area contributed by atoms with Crippen LogP contribution < -0.4 is 5.73 Å². The summed E-state index contributed by atoms with van der Waals surface area (Å²) < 4.78 is 0. The molecule has 3 rings (SSSR count). The minimum absolute atomic E-state index is 0.0395. The van der Waals surface area contributed by atoms with Crippen LogP contribution in [0.4, 0.5) is 0 Å². The molecule has 0 bridgehead atoms. The number of hydrogen-bond donors (Lipinski definition) is 1. The lowest BCUT2D eigenvalue weighted by atomic mass is 9.86. The van der Waals surface area contributed by atoms with Gasteiger partial charge in [-0.1, -0.05) is 32.9 Å². The van der Waals surface area contributed by atoms with Gasteiger partial charge in [-0.2, -0.15) is 0 Å². The fourth-order valence-corrected chi connectivity index (χ4v) is 4.47. The third-order valence-electron chi connectivity index (χ3n) is 4.96. The van der Waals surface area contributed by atoms with E-state index in [2.05, 4.69) is 20.8 Å². The summed E-state index contributed by atoms with van der Waals surface area (Å²) >= 11 is 1.63. The Hall–Kier alpha value is -1.53. The van der Waals surface area contributed by atoms with Crippen LogP contribution in [0.5, 0.6) is 0 Å². The van der Waals surface area contributed by atoms with Gasteiger partial charge in [0, 0.05) is 30.4 Å². The summed E-state index contributed by atoms with van der Waals surface area (Å²) in [6, 6.07) is 7.45. The van der Waals surface area contributed by atoms with Crippen LogP contribution in [0, 0.1) is 0 Å². The monoisotopic (exact) mass is 361 g/mol. The van der Waals surface area contributed by atoms with E-state index >= 15 is 0 Å². The zero-order valence-corrected chi connectivity index (χ0v) is 16.0. The Balaban J connectivity index is 1.73. The number of rotatable bonds is 2. The maximum Gasteiger partial charge on any atom is 0.255 e. The van der Waals surface area contributed by atoms with Crippen molar-refractivity contribution < 1.29 is 9.59 Å². The molecule has 0 spiro atoms. The third kappa shape index (κ3) is 3.85. The van der Waals surface area contributed by atoms with Crippen LogP contribution >= 0.6 is 11.8 Å². The SMILES string of the molecule is CC(C)(C)c1ccc(C(=O)N2CSCC2C(=O)N2CC[C@@H](N)C2)cc1. The first-order valence-corrected chi connectivity index (χ1v) is 9.96. The number of carbonyl (C=O) groups is 2. The normalized spacial score (nSPS) is 24.0. The molecule has 2 heterocycles. The molecule has 2 atom stereocenters. The summed E-state index contributed by atoms with van der Waals surface area (Å²) in [6.45, 7) is 7.75. The molecule has 0 saturated carbocycles. The fourth-order valence-electron chi connectivity index (χ4n) is 3.32. The van der Waals surface area contributed by atoms with Gasteiger partial charge in [-0.15, -0.1) is 11.8 Å². The highest BCUT2D eigenvalue weighted by Crippen LogP contribution is 2.27. The highest BCUT2D eigenvalue weighted by atomic mass is 32.2. The molecule has 1 aromatic carbocycles. The second-order valence-corrected chi connectivity index (χ2v) is 8.95. The molecule has 6 heteroatoms. The van der Waals surface area contributed by atoms with Crippen molar-refractivity contribution in [2.45, 2.75) is 44.7 Å². The number of benzene rings is 1. The molecule has 0 radical (unpaired) electrons. The van der Waals surface area contributed by atoms with Crippen molar-refractivity contribution in [2.75, 3.05) is 24.7 Å². The lowest BCUT2D eigenvalue weighted by molar-refractivity contribution is -0.133. The van der Waals surface area contributed by atoms with Gasteiger partial charge in [0.25, 0.3) is 5.91 Å². The Morgan fingerprint density at radius 2 is 1.88 bits per heavy atom. The molecule has 2 N–H and O–H groups in total. The van der Waals surface area contributed by atoms with Crippen LogP contribution in [0.2, 0.25) is 0 Å². The molecular weight excluding hydrogens is 334 g/mol. The zero-order chi connectivity index (χ0) is 18.2. The molecule has 136 valence electrons. The smallest absolute Gasteiger partial charge is 0.255 e. The van der Waals surface area contributed by atoms with Crippen LogP contribution in [-0.2, 0) is 10.2 Å². The van der Waals surface area contributed by atoms with E-state index in [1.165, 1.54) is 5.56 Å². The van der Waals surface area contributed by atoms with Crippen molar-refractivity contribution in [2.24, 2.45) is 5.73 Å². The predicted octanol–water partition coefficient (Wildman–Crippen LogP) is 2.06. The molecule has 5 nitrogen and oxygen atoms in total. The van der Waals surface area contributed by atoms with E-state index in [1.54, 1.807) is 16.7 Å². The second kappa shape index (κ2) is 7.00. The zero-order valence-electron chi connectivity index (χ0n) is 15.2. The summed E-state index contributed by atoms with van der Waals surface area (Å²) in [6.07, 6.45) is 0.841. The Bertz CT molecular complexity index is 654. The van der Waals surface area contributed by atoms with Crippen molar-refractivity contribution in [1.29, 1.82) is 0 Å². The van der Waals surface area contributed by atoms with Gasteiger partial charge in [0.1, 0.15) is 6.04 Å². The summed E-state index contributed by atoms with van der Waals surface area (Å²) in [5.74, 6) is 1.21. The molecule has 2 aliphatic rings. The van der Waals surface area contributed by atoms with Crippen LogP contribution in [0.15, 0.2) is 24.3 Å². The molecule has 2 fully saturated rings. The maximum absolute atomic E-state index is 12.9. The summed E-state index contributed by atoms with van der Waals surface area (Å²) in [4.78, 5) is 29.2. The molecule has 2 aliphatic heterocycles. The highest BCUT2D eigenvalue weighted by molar-refractivity contribution is 7.99. The molecule has 1 aromatic rings. The van der Waals surface area contributed by atoms with Crippen LogP contribution in [0.1, 0.15) is 43.1 Å². The number of amides is 2. The van der Waals surface area contributed by atoms with E-state index in [4.69, 9.17) is 5.73 Å². The first kappa shape index (κ1) is 18.3. The molecule has 1 unspecified atom stereocenters. The van der Waals surface area contributed by atoms with Gasteiger partial charge in [-0.3, -0.25) is 9.59 Å². The van der Waals surface area contributed by atoms with E-state index in [0.29, 0.717) is 30.3 Å². The van der Waals surface area contributed by atoms with Gasteiger partial charge < -0.3 is 15.5 Å². The number of nitrogens with two attached hydrogens (primary N) is 1. The van der Waals surface area contributed by atoms with E-state index in [9.17, 15) is 9.59 Å². The largest absolute Gasteiger partial charge is 0.339 e. The maximum atomic E-state index is 12.9.